The SMILES string of the molecule is CCN/C=C(\C(=N)C(F)(F)F)c1ccccc1[C@@H]1CN(C(=O)/C=C/CN(C)C)Cc2sc(C#N)cc21. The van der Waals surface area contributed by atoms with E-state index in [1.807, 2.05) is 19.0 Å². The van der Waals surface area contributed by atoms with Gasteiger partial charge in [0.1, 0.15) is 16.7 Å². The number of nitrogens with one attached hydrogen (secondary N) is 2. The largest absolute Gasteiger partial charge is 0.433 e. The molecule has 1 aromatic carbocycles. The molecule has 0 fully saturated rings. The van der Waals surface area contributed by atoms with Crippen LogP contribution in [0.4, 0.5) is 13.2 Å². The molecule has 1 aromatic heterocycles. The number of halogens is 3. The van der Waals surface area contributed by atoms with Gasteiger partial charge in [-0.15, -0.1) is 11.3 Å². The Labute approximate surface area is 212 Å². The fraction of sp³-hybridized carbons (Fsp3) is 0.346. The van der Waals surface area contributed by atoms with Gasteiger partial charge in [0.15, 0.2) is 0 Å². The average Bonchev–Trinajstić information content (AvgIpc) is 3.26. The molecule has 1 atom stereocenters. The summed E-state index contributed by atoms with van der Waals surface area (Å²) in [6, 6.07) is 10.6. The quantitative estimate of drug-likeness (QED) is 0.393. The van der Waals surface area contributed by atoms with Crippen LogP contribution in [-0.2, 0) is 11.3 Å². The fourth-order valence-electron chi connectivity index (χ4n) is 4.06. The van der Waals surface area contributed by atoms with E-state index in [0.717, 1.165) is 10.4 Å². The first kappa shape index (κ1) is 27.2. The molecule has 1 amide bonds. The van der Waals surface area contributed by atoms with Gasteiger partial charge in [0.05, 0.1) is 6.54 Å². The first-order valence-corrected chi connectivity index (χ1v) is 12.2. The molecule has 0 bridgehead atoms. The third-order valence-corrected chi connectivity index (χ3v) is 6.78. The standard InChI is InChI=1S/C26H28F3N5OS/c1-4-32-14-21(25(31)26(27,28)29)18-8-5-6-9-19(18)22-15-34(24(35)10-7-11-33(2)3)16-23-20(22)12-17(13-30)36-23/h5-10,12,14,22,31-32H,4,11,15-16H2,1-3H3/b10-7+,21-14-,31-25?/t22-/m0/s1. The van der Waals surface area contributed by atoms with Gasteiger partial charge in [-0.2, -0.15) is 18.4 Å². The Morgan fingerprint density at radius 1 is 1.33 bits per heavy atom. The summed E-state index contributed by atoms with van der Waals surface area (Å²) in [5.41, 5.74) is -0.0689. The molecule has 0 saturated carbocycles. The minimum absolute atomic E-state index is 0.205. The van der Waals surface area contributed by atoms with E-state index < -0.39 is 17.8 Å². The van der Waals surface area contributed by atoms with Crippen molar-refractivity contribution in [3.63, 3.8) is 0 Å². The van der Waals surface area contributed by atoms with Crippen molar-refractivity contribution in [3.05, 3.63) is 75.1 Å². The van der Waals surface area contributed by atoms with E-state index in [-0.39, 0.29) is 23.6 Å². The molecule has 6 nitrogen and oxygen atoms in total. The molecule has 1 aliphatic heterocycles. The third-order valence-electron chi connectivity index (χ3n) is 5.74. The van der Waals surface area contributed by atoms with Crippen molar-refractivity contribution in [2.24, 2.45) is 0 Å². The zero-order valence-electron chi connectivity index (χ0n) is 20.3. The number of rotatable bonds is 8. The highest BCUT2D eigenvalue weighted by molar-refractivity contribution is 7.12. The average molecular weight is 516 g/mol. The minimum atomic E-state index is -4.83. The molecule has 0 saturated heterocycles. The Balaban J connectivity index is 2.10. The second-order valence-corrected chi connectivity index (χ2v) is 9.75. The van der Waals surface area contributed by atoms with Crippen molar-refractivity contribution in [1.29, 1.82) is 10.7 Å². The van der Waals surface area contributed by atoms with Gasteiger partial charge in [-0.1, -0.05) is 30.3 Å². The van der Waals surface area contributed by atoms with Gasteiger partial charge >= 0.3 is 6.18 Å². The lowest BCUT2D eigenvalue weighted by molar-refractivity contribution is -0.127. The zero-order chi connectivity index (χ0) is 26.5. The van der Waals surface area contributed by atoms with Crippen LogP contribution in [0.15, 0.2) is 48.7 Å². The molecule has 2 heterocycles. The van der Waals surface area contributed by atoms with Crippen LogP contribution < -0.4 is 5.32 Å². The highest BCUT2D eigenvalue weighted by Crippen LogP contribution is 2.41. The van der Waals surface area contributed by atoms with E-state index in [1.54, 1.807) is 48.2 Å². The first-order valence-electron chi connectivity index (χ1n) is 11.4. The molecule has 2 N–H and O–H groups in total. The summed E-state index contributed by atoms with van der Waals surface area (Å²) in [5.74, 6) is -0.663. The van der Waals surface area contributed by atoms with Gasteiger partial charge in [-0.3, -0.25) is 10.2 Å². The van der Waals surface area contributed by atoms with E-state index in [9.17, 15) is 23.2 Å². The molecular weight excluding hydrogens is 487 g/mol. The maximum absolute atomic E-state index is 13.6. The molecule has 190 valence electrons. The predicted molar refractivity (Wildman–Crippen MR) is 136 cm³/mol. The van der Waals surface area contributed by atoms with E-state index in [2.05, 4.69) is 11.4 Å². The smallest absolute Gasteiger partial charge is 0.391 e. The molecule has 0 unspecified atom stereocenters. The number of nitrogens with zero attached hydrogens (tertiary/aromatic N) is 3. The van der Waals surface area contributed by atoms with Crippen LogP contribution in [0.3, 0.4) is 0 Å². The number of benzene rings is 1. The highest BCUT2D eigenvalue weighted by atomic mass is 32.1. The first-order chi connectivity index (χ1) is 17.1. The summed E-state index contributed by atoms with van der Waals surface area (Å²) >= 11 is 1.29. The second kappa shape index (κ2) is 11.5. The number of likely N-dealkylation sites (N-methyl/N-ethyl adjacent to an activating group) is 1. The molecule has 1 aliphatic rings. The number of thiophene rings is 1. The van der Waals surface area contributed by atoms with Gasteiger partial charge < -0.3 is 15.1 Å². The molecule has 10 heteroatoms. The second-order valence-electron chi connectivity index (χ2n) is 8.61. The summed E-state index contributed by atoms with van der Waals surface area (Å²) < 4.78 is 40.9. The van der Waals surface area contributed by atoms with Gasteiger partial charge in [-0.05, 0) is 43.8 Å². The Bertz CT molecular complexity index is 1220. The minimum Gasteiger partial charge on any atom is -0.391 e. The van der Waals surface area contributed by atoms with Gasteiger partial charge in [0.25, 0.3) is 0 Å². The summed E-state index contributed by atoms with van der Waals surface area (Å²) in [6.07, 6.45) is -0.345. The third kappa shape index (κ3) is 6.22. The molecule has 36 heavy (non-hydrogen) atoms. The van der Waals surface area contributed by atoms with Crippen LogP contribution in [0.25, 0.3) is 5.57 Å². The lowest BCUT2D eigenvalue weighted by Crippen LogP contribution is -2.37. The molecule has 3 rings (SSSR count). The number of carbonyl (C=O) groups is 1. The van der Waals surface area contributed by atoms with Crippen LogP contribution in [0.2, 0.25) is 0 Å². The van der Waals surface area contributed by atoms with Crippen molar-refractivity contribution >= 4 is 28.5 Å². The van der Waals surface area contributed by atoms with Crippen molar-refractivity contribution in [2.75, 3.05) is 33.7 Å². The Hall–Kier alpha value is -3.42. The lowest BCUT2D eigenvalue weighted by atomic mass is 9.83. The normalized spacial score (nSPS) is 16.2. The summed E-state index contributed by atoms with van der Waals surface area (Å²) in [4.78, 5) is 17.9. The van der Waals surface area contributed by atoms with E-state index in [1.165, 1.54) is 23.6 Å². The van der Waals surface area contributed by atoms with Gasteiger partial charge in [0.2, 0.25) is 5.91 Å². The lowest BCUT2D eigenvalue weighted by Gasteiger charge is -2.34. The molecule has 0 radical (unpaired) electrons. The van der Waals surface area contributed by atoms with Crippen molar-refractivity contribution in [3.8, 4) is 6.07 Å². The van der Waals surface area contributed by atoms with Gasteiger partial charge in [-0.25, -0.2) is 0 Å². The molecular formula is C26H28F3N5OS. The predicted octanol–water partition coefficient (Wildman–Crippen LogP) is 4.74. The Morgan fingerprint density at radius 2 is 2.06 bits per heavy atom. The van der Waals surface area contributed by atoms with Crippen LogP contribution in [0.1, 0.15) is 39.3 Å². The maximum Gasteiger partial charge on any atom is 0.433 e. The number of alkyl halides is 3. The summed E-state index contributed by atoms with van der Waals surface area (Å²) in [7, 11) is 3.78. The molecule has 0 aliphatic carbocycles. The number of hydrogen-bond donors (Lipinski definition) is 2. The zero-order valence-corrected chi connectivity index (χ0v) is 21.1. The van der Waals surface area contributed by atoms with E-state index in [0.29, 0.717) is 30.1 Å². The van der Waals surface area contributed by atoms with Crippen LogP contribution >= 0.6 is 11.3 Å². The van der Waals surface area contributed by atoms with Crippen molar-refractivity contribution in [2.45, 2.75) is 25.6 Å². The fourth-order valence-corrected chi connectivity index (χ4v) is 5.10. The van der Waals surface area contributed by atoms with Crippen molar-refractivity contribution in [1.82, 2.24) is 15.1 Å². The van der Waals surface area contributed by atoms with Crippen LogP contribution in [-0.4, -0.2) is 61.3 Å². The Kier molecular flexibility index (Phi) is 8.71. The summed E-state index contributed by atoms with van der Waals surface area (Å²) in [5, 5.41) is 20.2. The maximum atomic E-state index is 13.6. The number of carbonyl (C=O) groups excluding carboxylic acids is 1. The number of fused-ring (bicyclic) bond motifs is 1. The highest BCUT2D eigenvalue weighted by Gasteiger charge is 2.39. The van der Waals surface area contributed by atoms with E-state index in [4.69, 9.17) is 5.41 Å². The van der Waals surface area contributed by atoms with Gasteiger partial charge in [0, 0.05) is 48.3 Å². The number of nitriles is 1. The number of allylic oxidation sites excluding steroid dienone is 1. The molecule has 0 spiro atoms. The van der Waals surface area contributed by atoms with Crippen LogP contribution in [0.5, 0.6) is 0 Å². The van der Waals surface area contributed by atoms with Crippen LogP contribution in [0, 0.1) is 16.7 Å². The van der Waals surface area contributed by atoms with E-state index >= 15 is 0 Å². The topological polar surface area (TPSA) is 83.2 Å². The molecule has 2 aromatic rings. The monoisotopic (exact) mass is 515 g/mol. The Morgan fingerprint density at radius 3 is 2.69 bits per heavy atom. The number of amides is 1. The summed E-state index contributed by atoms with van der Waals surface area (Å²) in [6.45, 7) is 3.30. The van der Waals surface area contributed by atoms with Crippen molar-refractivity contribution < 1.29 is 18.0 Å². The number of hydrogen-bond acceptors (Lipinski definition) is 6.